The van der Waals surface area contributed by atoms with E-state index in [4.69, 9.17) is 11.6 Å². The van der Waals surface area contributed by atoms with Crippen LogP contribution < -0.4 is 10.6 Å². The second-order valence-electron chi connectivity index (χ2n) is 3.88. The van der Waals surface area contributed by atoms with Crippen molar-refractivity contribution in [3.8, 4) is 0 Å². The molecule has 0 amide bonds. The lowest BCUT2D eigenvalue weighted by Crippen LogP contribution is -2.07. The molecular weight excluding hydrogens is 272 g/mol. The smallest absolute Gasteiger partial charge is 0.168 e. The lowest BCUT2D eigenvalue weighted by atomic mass is 10.2. The topological polar surface area (TPSA) is 37.0 Å². The molecule has 0 aliphatic rings. The SMILES string of the molecule is CNc1nc(NCc2cccc(Cl)c2)c(F)cc1F. The molecule has 3 nitrogen and oxygen atoms in total. The van der Waals surface area contributed by atoms with Gasteiger partial charge in [-0.15, -0.1) is 0 Å². The largest absolute Gasteiger partial charge is 0.371 e. The van der Waals surface area contributed by atoms with Gasteiger partial charge in [0, 0.05) is 24.7 Å². The van der Waals surface area contributed by atoms with E-state index in [-0.39, 0.29) is 11.6 Å². The second-order valence-corrected chi connectivity index (χ2v) is 4.32. The maximum absolute atomic E-state index is 13.5. The van der Waals surface area contributed by atoms with Crippen molar-refractivity contribution in [3.05, 3.63) is 52.6 Å². The first-order valence-corrected chi connectivity index (χ1v) is 6.00. The summed E-state index contributed by atoms with van der Waals surface area (Å²) in [5, 5.41) is 5.96. The van der Waals surface area contributed by atoms with Gasteiger partial charge < -0.3 is 10.6 Å². The molecule has 0 aliphatic heterocycles. The van der Waals surface area contributed by atoms with Crippen LogP contribution in [0.15, 0.2) is 30.3 Å². The number of anilines is 2. The van der Waals surface area contributed by atoms with Gasteiger partial charge in [0.2, 0.25) is 0 Å². The number of hydrogen-bond donors (Lipinski definition) is 2. The van der Waals surface area contributed by atoms with Gasteiger partial charge in [0.1, 0.15) is 0 Å². The highest BCUT2D eigenvalue weighted by Crippen LogP contribution is 2.19. The fourth-order valence-electron chi connectivity index (χ4n) is 1.60. The number of hydrogen-bond acceptors (Lipinski definition) is 3. The highest BCUT2D eigenvalue weighted by Gasteiger charge is 2.10. The van der Waals surface area contributed by atoms with E-state index >= 15 is 0 Å². The lowest BCUT2D eigenvalue weighted by Gasteiger charge is -2.09. The Labute approximate surface area is 114 Å². The van der Waals surface area contributed by atoms with Crippen LogP contribution in [0, 0.1) is 11.6 Å². The zero-order valence-corrected chi connectivity index (χ0v) is 10.9. The number of halogens is 3. The molecule has 0 spiro atoms. The van der Waals surface area contributed by atoms with Crippen LogP contribution in [-0.2, 0) is 6.54 Å². The van der Waals surface area contributed by atoms with Crippen LogP contribution in [0.2, 0.25) is 5.02 Å². The Hall–Kier alpha value is -1.88. The molecule has 0 aliphatic carbocycles. The number of nitrogens with zero attached hydrogens (tertiary/aromatic N) is 1. The molecule has 6 heteroatoms. The van der Waals surface area contributed by atoms with Crippen LogP contribution in [0.1, 0.15) is 5.56 Å². The van der Waals surface area contributed by atoms with Gasteiger partial charge in [-0.1, -0.05) is 23.7 Å². The first-order chi connectivity index (χ1) is 9.10. The Kier molecular flexibility index (Phi) is 4.16. The Bertz CT molecular complexity index is 590. The van der Waals surface area contributed by atoms with Crippen molar-refractivity contribution in [1.82, 2.24) is 4.98 Å². The van der Waals surface area contributed by atoms with E-state index in [0.29, 0.717) is 11.6 Å². The van der Waals surface area contributed by atoms with Crippen LogP contribution >= 0.6 is 11.6 Å². The quantitative estimate of drug-likeness (QED) is 0.899. The average Bonchev–Trinajstić information content (AvgIpc) is 2.38. The van der Waals surface area contributed by atoms with E-state index in [1.165, 1.54) is 7.05 Å². The Balaban J connectivity index is 2.15. The van der Waals surface area contributed by atoms with Gasteiger partial charge in [0.15, 0.2) is 23.3 Å². The number of benzene rings is 1. The van der Waals surface area contributed by atoms with Gasteiger partial charge in [0.25, 0.3) is 0 Å². The maximum atomic E-state index is 13.5. The molecule has 2 rings (SSSR count). The second kappa shape index (κ2) is 5.84. The molecule has 1 aromatic carbocycles. The van der Waals surface area contributed by atoms with Crippen LogP contribution in [0.5, 0.6) is 0 Å². The summed E-state index contributed by atoms with van der Waals surface area (Å²) in [6.07, 6.45) is 0. The molecule has 0 radical (unpaired) electrons. The molecule has 0 fully saturated rings. The first-order valence-electron chi connectivity index (χ1n) is 5.62. The van der Waals surface area contributed by atoms with Crippen molar-refractivity contribution < 1.29 is 8.78 Å². The van der Waals surface area contributed by atoms with Crippen LogP contribution in [0.25, 0.3) is 0 Å². The minimum absolute atomic E-state index is 0.00464. The summed E-state index contributed by atoms with van der Waals surface area (Å²) in [4.78, 5) is 3.82. The number of rotatable bonds is 4. The Morgan fingerprint density at radius 2 is 1.89 bits per heavy atom. The predicted molar refractivity (Wildman–Crippen MR) is 72.5 cm³/mol. The van der Waals surface area contributed by atoms with Crippen molar-refractivity contribution >= 4 is 23.2 Å². The van der Waals surface area contributed by atoms with Gasteiger partial charge in [0.05, 0.1) is 0 Å². The summed E-state index contributed by atoms with van der Waals surface area (Å²) >= 11 is 5.85. The normalized spacial score (nSPS) is 10.3. The average molecular weight is 284 g/mol. The minimum Gasteiger partial charge on any atom is -0.371 e. The zero-order valence-electron chi connectivity index (χ0n) is 10.2. The third kappa shape index (κ3) is 3.32. The summed E-state index contributed by atoms with van der Waals surface area (Å²) in [7, 11) is 1.52. The molecule has 19 heavy (non-hydrogen) atoms. The summed E-state index contributed by atoms with van der Waals surface area (Å²) in [5.74, 6) is -1.48. The fourth-order valence-corrected chi connectivity index (χ4v) is 1.81. The third-order valence-electron chi connectivity index (χ3n) is 2.52. The van der Waals surface area contributed by atoms with Crippen LogP contribution in [0.4, 0.5) is 20.4 Å². The van der Waals surface area contributed by atoms with Gasteiger partial charge in [-0.25, -0.2) is 13.8 Å². The number of pyridine rings is 1. The molecule has 2 aromatic rings. The van der Waals surface area contributed by atoms with Crippen molar-refractivity contribution in [3.63, 3.8) is 0 Å². The van der Waals surface area contributed by atoms with E-state index in [1.54, 1.807) is 18.2 Å². The molecule has 0 unspecified atom stereocenters. The molecule has 0 bridgehead atoms. The Morgan fingerprint density at radius 3 is 2.58 bits per heavy atom. The van der Waals surface area contributed by atoms with Gasteiger partial charge >= 0.3 is 0 Å². The molecule has 2 N–H and O–H groups in total. The standard InChI is InChI=1S/C13H12ClF2N3/c1-17-12-10(15)6-11(16)13(19-12)18-7-8-3-2-4-9(14)5-8/h2-6H,7H2,1H3,(H2,17,18,19). The van der Waals surface area contributed by atoms with Gasteiger partial charge in [-0.3, -0.25) is 0 Å². The van der Waals surface area contributed by atoms with E-state index in [2.05, 4.69) is 15.6 Å². The molecule has 1 heterocycles. The van der Waals surface area contributed by atoms with Crippen LogP contribution in [-0.4, -0.2) is 12.0 Å². The van der Waals surface area contributed by atoms with E-state index in [1.807, 2.05) is 6.07 Å². The van der Waals surface area contributed by atoms with Gasteiger partial charge in [-0.2, -0.15) is 0 Å². The summed E-state index contributed by atoms with van der Waals surface area (Å²) in [6, 6.07) is 7.95. The molecule has 1 aromatic heterocycles. The van der Waals surface area contributed by atoms with Crippen molar-refractivity contribution in [2.45, 2.75) is 6.54 Å². The zero-order chi connectivity index (χ0) is 13.8. The highest BCUT2D eigenvalue weighted by molar-refractivity contribution is 6.30. The lowest BCUT2D eigenvalue weighted by molar-refractivity contribution is 0.578. The van der Waals surface area contributed by atoms with Gasteiger partial charge in [-0.05, 0) is 17.7 Å². The first kappa shape index (κ1) is 13.5. The molecule has 0 saturated heterocycles. The van der Waals surface area contributed by atoms with E-state index < -0.39 is 11.6 Å². The van der Waals surface area contributed by atoms with E-state index in [0.717, 1.165) is 11.6 Å². The summed E-state index contributed by atoms with van der Waals surface area (Å²) < 4.78 is 26.8. The minimum atomic E-state index is -0.737. The molecule has 0 atom stereocenters. The number of nitrogens with one attached hydrogen (secondary N) is 2. The highest BCUT2D eigenvalue weighted by atomic mass is 35.5. The Morgan fingerprint density at radius 1 is 1.16 bits per heavy atom. The van der Waals surface area contributed by atoms with E-state index in [9.17, 15) is 8.78 Å². The monoisotopic (exact) mass is 283 g/mol. The van der Waals surface area contributed by atoms with Crippen LogP contribution in [0.3, 0.4) is 0 Å². The molecular formula is C13H12ClF2N3. The number of aromatic nitrogens is 1. The van der Waals surface area contributed by atoms with Crippen molar-refractivity contribution in [2.75, 3.05) is 17.7 Å². The van der Waals surface area contributed by atoms with Crippen molar-refractivity contribution in [1.29, 1.82) is 0 Å². The molecule has 0 saturated carbocycles. The fraction of sp³-hybridized carbons (Fsp3) is 0.154. The van der Waals surface area contributed by atoms with Crippen molar-refractivity contribution in [2.24, 2.45) is 0 Å². The summed E-state index contributed by atoms with van der Waals surface area (Å²) in [6.45, 7) is 0.346. The third-order valence-corrected chi connectivity index (χ3v) is 2.75. The maximum Gasteiger partial charge on any atom is 0.168 e. The predicted octanol–water partition coefficient (Wildman–Crippen LogP) is 3.67. The summed E-state index contributed by atoms with van der Waals surface area (Å²) in [5.41, 5.74) is 0.879. The molecule has 100 valence electrons.